The van der Waals surface area contributed by atoms with Crippen molar-refractivity contribution >= 4 is 0 Å². The topological polar surface area (TPSA) is 20.2 Å². The summed E-state index contributed by atoms with van der Waals surface area (Å²) in [5, 5.41) is 9.47. The molecular formula is C29H52O. The second-order valence-electron chi connectivity index (χ2n) is 13.2. The summed E-state index contributed by atoms with van der Waals surface area (Å²) in [6.45, 7) is 13.1. The van der Waals surface area contributed by atoms with Crippen LogP contribution in [0.25, 0.3) is 0 Å². The fraction of sp³-hybridized carbons (Fsp3) is 1.00. The molecule has 4 aliphatic carbocycles. The van der Waals surface area contributed by atoms with Crippen molar-refractivity contribution in [1.29, 1.82) is 0 Å². The fourth-order valence-electron chi connectivity index (χ4n) is 9.93. The zero-order valence-corrected chi connectivity index (χ0v) is 21.0. The lowest BCUT2D eigenvalue weighted by atomic mass is 9.44. The van der Waals surface area contributed by atoms with Crippen molar-refractivity contribution in [2.24, 2.45) is 58.2 Å². The second kappa shape index (κ2) is 9.07. The predicted molar refractivity (Wildman–Crippen MR) is 128 cm³/mol. The van der Waals surface area contributed by atoms with Crippen LogP contribution in [0.3, 0.4) is 0 Å². The van der Waals surface area contributed by atoms with Crippen LogP contribution < -0.4 is 0 Å². The normalized spacial score (nSPS) is 45.5. The Kier molecular flexibility index (Phi) is 6.99. The number of rotatable bonds is 7. The quantitative estimate of drug-likeness (QED) is 0.444. The molecule has 0 aliphatic heterocycles. The van der Waals surface area contributed by atoms with Crippen molar-refractivity contribution in [2.75, 3.05) is 6.61 Å². The summed E-state index contributed by atoms with van der Waals surface area (Å²) in [7, 11) is 0. The summed E-state index contributed by atoms with van der Waals surface area (Å²) < 4.78 is 0. The zero-order chi connectivity index (χ0) is 21.5. The van der Waals surface area contributed by atoms with E-state index in [1.165, 1.54) is 64.2 Å². The van der Waals surface area contributed by atoms with Crippen LogP contribution in [0.1, 0.15) is 118 Å². The Morgan fingerprint density at radius 3 is 2.27 bits per heavy atom. The summed E-state index contributed by atoms with van der Waals surface area (Å²) in [6, 6.07) is 0. The molecule has 0 radical (unpaired) electrons. The van der Waals surface area contributed by atoms with Crippen LogP contribution in [-0.2, 0) is 0 Å². The molecule has 4 saturated carbocycles. The van der Waals surface area contributed by atoms with Gasteiger partial charge in [0.1, 0.15) is 0 Å². The molecule has 4 aliphatic rings. The molecule has 4 rings (SSSR count). The van der Waals surface area contributed by atoms with Gasteiger partial charge in [-0.15, -0.1) is 0 Å². The Hall–Kier alpha value is -0.0400. The first-order valence-electron chi connectivity index (χ1n) is 13.9. The molecule has 174 valence electrons. The van der Waals surface area contributed by atoms with Crippen molar-refractivity contribution in [3.63, 3.8) is 0 Å². The Morgan fingerprint density at radius 1 is 0.767 bits per heavy atom. The number of hydrogen-bond acceptors (Lipinski definition) is 1. The minimum Gasteiger partial charge on any atom is -0.396 e. The van der Waals surface area contributed by atoms with Gasteiger partial charge in [-0.2, -0.15) is 0 Å². The summed E-state index contributed by atoms with van der Waals surface area (Å²) in [6.07, 6.45) is 18.9. The van der Waals surface area contributed by atoms with E-state index in [2.05, 4.69) is 34.6 Å². The number of fused-ring (bicyclic) bond motifs is 5. The van der Waals surface area contributed by atoms with Gasteiger partial charge in [-0.05, 0) is 122 Å². The first kappa shape index (κ1) is 23.1. The Bertz CT molecular complexity index is 569. The molecule has 0 saturated heterocycles. The third kappa shape index (κ3) is 3.92. The molecule has 0 amide bonds. The van der Waals surface area contributed by atoms with E-state index in [9.17, 15) is 5.11 Å². The van der Waals surface area contributed by atoms with Gasteiger partial charge in [0.15, 0.2) is 0 Å². The van der Waals surface area contributed by atoms with E-state index in [0.717, 1.165) is 41.9 Å². The molecule has 3 unspecified atom stereocenters. The van der Waals surface area contributed by atoms with Gasteiger partial charge in [0.05, 0.1) is 0 Å². The smallest absolute Gasteiger partial charge is 0.0433 e. The lowest BCUT2D eigenvalue weighted by Gasteiger charge is -2.61. The highest BCUT2D eigenvalue weighted by atomic mass is 16.3. The first-order valence-corrected chi connectivity index (χ1v) is 13.9. The van der Waals surface area contributed by atoms with E-state index < -0.39 is 0 Å². The molecule has 1 N–H and O–H groups in total. The molecule has 30 heavy (non-hydrogen) atoms. The highest BCUT2D eigenvalue weighted by molar-refractivity contribution is 5.09. The molecule has 0 aromatic rings. The van der Waals surface area contributed by atoms with Gasteiger partial charge < -0.3 is 5.11 Å². The monoisotopic (exact) mass is 416 g/mol. The number of hydrogen-bond donors (Lipinski definition) is 1. The molecule has 9 atom stereocenters. The minimum atomic E-state index is 0.364. The van der Waals surface area contributed by atoms with Gasteiger partial charge in [-0.1, -0.05) is 53.9 Å². The van der Waals surface area contributed by atoms with Gasteiger partial charge in [-0.25, -0.2) is 0 Å². The van der Waals surface area contributed by atoms with Gasteiger partial charge in [0, 0.05) is 6.61 Å². The summed E-state index contributed by atoms with van der Waals surface area (Å²) >= 11 is 0. The van der Waals surface area contributed by atoms with Gasteiger partial charge in [0.25, 0.3) is 0 Å². The summed E-state index contributed by atoms with van der Waals surface area (Å²) in [4.78, 5) is 0. The molecule has 0 aromatic carbocycles. The molecule has 0 spiro atoms. The summed E-state index contributed by atoms with van der Waals surface area (Å²) in [5.41, 5.74) is 1.30. The standard InChI is InChI=1S/C29H52O/c1-20(2)22(16-19-30)10-9-21(3)25-13-14-26-24-12-11-23-8-6-7-17-28(23,4)27(24)15-18-29(25,26)5/h20-27,30H,6-19H2,1-5H3/t21?,22?,23?,24-,25+,26-,27-,28-,29+/m0/s1. The molecule has 0 aromatic heterocycles. The maximum absolute atomic E-state index is 9.47. The zero-order valence-electron chi connectivity index (χ0n) is 21.0. The lowest BCUT2D eigenvalue weighted by Crippen LogP contribution is -2.53. The highest BCUT2D eigenvalue weighted by Gasteiger charge is 2.60. The molecule has 0 heterocycles. The van der Waals surface area contributed by atoms with Crippen molar-refractivity contribution in [1.82, 2.24) is 0 Å². The fourth-order valence-corrected chi connectivity index (χ4v) is 9.93. The van der Waals surface area contributed by atoms with Crippen LogP contribution in [0.4, 0.5) is 0 Å². The van der Waals surface area contributed by atoms with Crippen molar-refractivity contribution in [3.8, 4) is 0 Å². The van der Waals surface area contributed by atoms with Gasteiger partial charge >= 0.3 is 0 Å². The third-order valence-electron chi connectivity index (χ3n) is 11.8. The van der Waals surface area contributed by atoms with Crippen LogP contribution >= 0.6 is 0 Å². The van der Waals surface area contributed by atoms with Crippen LogP contribution in [0.15, 0.2) is 0 Å². The molecule has 1 heteroatoms. The van der Waals surface area contributed by atoms with E-state index in [0.29, 0.717) is 29.3 Å². The number of aliphatic hydroxyl groups is 1. The Balaban J connectivity index is 1.43. The molecule has 0 bridgehead atoms. The van der Waals surface area contributed by atoms with E-state index in [-0.39, 0.29) is 0 Å². The highest BCUT2D eigenvalue weighted by Crippen LogP contribution is 2.68. The average Bonchev–Trinajstić information content (AvgIpc) is 3.07. The van der Waals surface area contributed by atoms with E-state index in [4.69, 9.17) is 0 Å². The van der Waals surface area contributed by atoms with Crippen molar-refractivity contribution in [2.45, 2.75) is 118 Å². The van der Waals surface area contributed by atoms with Crippen LogP contribution in [-0.4, -0.2) is 11.7 Å². The van der Waals surface area contributed by atoms with E-state index in [1.54, 1.807) is 12.8 Å². The number of aliphatic hydroxyl groups excluding tert-OH is 1. The Labute approximate surface area is 188 Å². The van der Waals surface area contributed by atoms with E-state index >= 15 is 0 Å². The largest absolute Gasteiger partial charge is 0.396 e. The van der Waals surface area contributed by atoms with Crippen LogP contribution in [0.2, 0.25) is 0 Å². The third-order valence-corrected chi connectivity index (χ3v) is 11.8. The van der Waals surface area contributed by atoms with E-state index in [1.807, 2.05) is 0 Å². The van der Waals surface area contributed by atoms with Crippen LogP contribution in [0, 0.1) is 58.2 Å². The maximum atomic E-state index is 9.47. The SMILES string of the molecule is CC(C)C(CCO)CCC(C)[C@H]1CC[C@H]2[C@@H]3CCC4CCCC[C@]4(C)[C@H]3CC[C@]12C. The second-order valence-corrected chi connectivity index (χ2v) is 13.2. The van der Waals surface area contributed by atoms with Gasteiger partial charge in [-0.3, -0.25) is 0 Å². The molecular weight excluding hydrogens is 364 g/mol. The van der Waals surface area contributed by atoms with Gasteiger partial charge in [0.2, 0.25) is 0 Å². The minimum absolute atomic E-state index is 0.364. The first-order chi connectivity index (χ1) is 14.3. The Morgan fingerprint density at radius 2 is 1.53 bits per heavy atom. The van der Waals surface area contributed by atoms with Crippen molar-refractivity contribution in [3.05, 3.63) is 0 Å². The predicted octanol–water partition coefficient (Wildman–Crippen LogP) is 8.11. The van der Waals surface area contributed by atoms with Crippen molar-refractivity contribution < 1.29 is 5.11 Å². The lowest BCUT2D eigenvalue weighted by molar-refractivity contribution is -0.114. The maximum Gasteiger partial charge on any atom is 0.0433 e. The average molecular weight is 417 g/mol. The molecule has 1 nitrogen and oxygen atoms in total. The van der Waals surface area contributed by atoms with Crippen LogP contribution in [0.5, 0.6) is 0 Å². The molecule has 4 fully saturated rings. The summed E-state index contributed by atoms with van der Waals surface area (Å²) in [5.74, 6) is 7.36.